The molecule has 0 radical (unpaired) electrons. The lowest BCUT2D eigenvalue weighted by atomic mass is 10.2. The van der Waals surface area contributed by atoms with Gasteiger partial charge < -0.3 is 4.98 Å². The number of benzene rings is 2. The molecule has 7 heteroatoms. The predicted molar refractivity (Wildman–Crippen MR) is 84.4 cm³/mol. The van der Waals surface area contributed by atoms with Crippen LogP contribution in [0.1, 0.15) is 5.56 Å². The maximum atomic E-state index is 12.3. The predicted octanol–water partition coefficient (Wildman–Crippen LogP) is 2.70. The molecule has 108 valence electrons. The normalized spacial score (nSPS) is 11.7. The minimum atomic E-state index is -3.63. The van der Waals surface area contributed by atoms with Gasteiger partial charge in [-0.3, -0.25) is 9.52 Å². The monoisotopic (exact) mass is 320 g/mol. The third-order valence-corrected chi connectivity index (χ3v) is 5.25. The van der Waals surface area contributed by atoms with Crippen LogP contribution in [0.25, 0.3) is 10.2 Å². The number of rotatable bonds is 3. The van der Waals surface area contributed by atoms with Gasteiger partial charge in [-0.1, -0.05) is 29.0 Å². The fraction of sp³-hybridized carbons (Fsp3) is 0.0714. The molecule has 0 spiro atoms. The van der Waals surface area contributed by atoms with Crippen molar-refractivity contribution in [1.29, 1.82) is 0 Å². The van der Waals surface area contributed by atoms with Gasteiger partial charge >= 0.3 is 4.87 Å². The molecule has 0 saturated carbocycles. The van der Waals surface area contributed by atoms with Crippen molar-refractivity contribution in [3.05, 3.63) is 57.7 Å². The number of sulfonamides is 1. The van der Waals surface area contributed by atoms with E-state index in [1.165, 1.54) is 0 Å². The Labute approximate surface area is 125 Å². The molecule has 3 aromatic rings. The first-order valence-corrected chi connectivity index (χ1v) is 8.46. The van der Waals surface area contributed by atoms with Crippen molar-refractivity contribution in [3.63, 3.8) is 0 Å². The molecule has 0 aliphatic rings. The first-order chi connectivity index (χ1) is 9.94. The van der Waals surface area contributed by atoms with Gasteiger partial charge in [0.25, 0.3) is 10.0 Å². The molecule has 1 aromatic heterocycles. The number of H-pyrrole nitrogens is 1. The summed E-state index contributed by atoms with van der Waals surface area (Å²) in [6, 6.07) is 11.6. The first kappa shape index (κ1) is 13.8. The molecule has 0 bridgehead atoms. The lowest BCUT2D eigenvalue weighted by molar-refractivity contribution is 0.601. The van der Waals surface area contributed by atoms with Gasteiger partial charge in [-0.2, -0.15) is 0 Å². The maximum Gasteiger partial charge on any atom is 0.305 e. The lowest BCUT2D eigenvalue weighted by Crippen LogP contribution is -2.12. The van der Waals surface area contributed by atoms with E-state index in [-0.39, 0.29) is 9.77 Å². The molecule has 1 heterocycles. The summed E-state index contributed by atoms with van der Waals surface area (Å²) in [5.74, 6) is 0. The van der Waals surface area contributed by atoms with Crippen molar-refractivity contribution in [2.45, 2.75) is 11.8 Å². The summed E-state index contributed by atoms with van der Waals surface area (Å²) in [6.45, 7) is 1.89. The van der Waals surface area contributed by atoms with Crippen LogP contribution in [0.5, 0.6) is 0 Å². The van der Waals surface area contributed by atoms with E-state index in [9.17, 15) is 13.2 Å². The van der Waals surface area contributed by atoms with Crippen molar-refractivity contribution in [1.82, 2.24) is 4.98 Å². The number of aromatic nitrogens is 1. The van der Waals surface area contributed by atoms with Crippen LogP contribution in [0.4, 0.5) is 5.69 Å². The minimum Gasteiger partial charge on any atom is -0.312 e. The van der Waals surface area contributed by atoms with E-state index in [1.54, 1.807) is 42.5 Å². The Morgan fingerprint density at radius 3 is 2.52 bits per heavy atom. The van der Waals surface area contributed by atoms with Crippen molar-refractivity contribution >= 4 is 37.3 Å². The number of aryl methyl sites for hydroxylation is 1. The number of fused-ring (bicyclic) bond motifs is 1. The SMILES string of the molecule is Cc1ccc(S(=O)(=O)Nc2ccc3[nH]c(=O)sc3c2)cc1. The molecule has 0 atom stereocenters. The molecule has 5 nitrogen and oxygen atoms in total. The molecule has 3 rings (SSSR count). The van der Waals surface area contributed by atoms with Crippen LogP contribution in [-0.4, -0.2) is 13.4 Å². The van der Waals surface area contributed by atoms with E-state index in [0.29, 0.717) is 15.9 Å². The van der Waals surface area contributed by atoms with Gasteiger partial charge in [-0.25, -0.2) is 8.42 Å². The average Bonchev–Trinajstić information content (AvgIpc) is 2.78. The van der Waals surface area contributed by atoms with Crippen LogP contribution < -0.4 is 9.60 Å². The second kappa shape index (κ2) is 5.01. The Balaban J connectivity index is 1.96. The highest BCUT2D eigenvalue weighted by atomic mass is 32.2. The molecule has 0 unspecified atom stereocenters. The van der Waals surface area contributed by atoms with E-state index in [2.05, 4.69) is 9.71 Å². The van der Waals surface area contributed by atoms with Gasteiger partial charge in [0.15, 0.2) is 0 Å². The fourth-order valence-electron chi connectivity index (χ4n) is 1.94. The quantitative estimate of drug-likeness (QED) is 0.779. The van der Waals surface area contributed by atoms with E-state index in [0.717, 1.165) is 16.9 Å². The molecule has 0 amide bonds. The van der Waals surface area contributed by atoms with Gasteiger partial charge in [0.2, 0.25) is 0 Å². The molecule has 0 aliphatic heterocycles. The van der Waals surface area contributed by atoms with Gasteiger partial charge in [-0.05, 0) is 37.3 Å². The van der Waals surface area contributed by atoms with Crippen LogP contribution in [0.3, 0.4) is 0 Å². The summed E-state index contributed by atoms with van der Waals surface area (Å²) in [6.07, 6.45) is 0. The van der Waals surface area contributed by atoms with Crippen molar-refractivity contribution in [2.75, 3.05) is 4.72 Å². The number of thiazole rings is 1. The average molecular weight is 320 g/mol. The Hall–Kier alpha value is -2.12. The van der Waals surface area contributed by atoms with Crippen LogP contribution in [0.2, 0.25) is 0 Å². The number of nitrogens with one attached hydrogen (secondary N) is 2. The van der Waals surface area contributed by atoms with Crippen LogP contribution >= 0.6 is 11.3 Å². The zero-order valence-corrected chi connectivity index (χ0v) is 12.7. The Morgan fingerprint density at radius 1 is 1.10 bits per heavy atom. The lowest BCUT2D eigenvalue weighted by Gasteiger charge is -2.08. The molecule has 0 saturated heterocycles. The summed E-state index contributed by atoms with van der Waals surface area (Å²) in [4.78, 5) is 14.0. The minimum absolute atomic E-state index is 0.163. The molecule has 21 heavy (non-hydrogen) atoms. The van der Waals surface area contributed by atoms with Crippen molar-refractivity contribution < 1.29 is 8.42 Å². The van der Waals surface area contributed by atoms with Gasteiger partial charge in [0, 0.05) is 0 Å². The van der Waals surface area contributed by atoms with Crippen LogP contribution in [0, 0.1) is 6.92 Å². The van der Waals surface area contributed by atoms with Gasteiger partial charge in [0.05, 0.1) is 20.8 Å². The molecule has 0 fully saturated rings. The van der Waals surface area contributed by atoms with Crippen molar-refractivity contribution in [3.8, 4) is 0 Å². The highest BCUT2D eigenvalue weighted by molar-refractivity contribution is 7.92. The first-order valence-electron chi connectivity index (χ1n) is 6.16. The number of anilines is 1. The number of hydrogen-bond acceptors (Lipinski definition) is 4. The third-order valence-electron chi connectivity index (χ3n) is 3.00. The van der Waals surface area contributed by atoms with E-state index >= 15 is 0 Å². The van der Waals surface area contributed by atoms with Crippen molar-refractivity contribution in [2.24, 2.45) is 0 Å². The smallest absolute Gasteiger partial charge is 0.305 e. The topological polar surface area (TPSA) is 79.0 Å². The fourth-order valence-corrected chi connectivity index (χ4v) is 3.77. The Kier molecular flexibility index (Phi) is 3.30. The highest BCUT2D eigenvalue weighted by Crippen LogP contribution is 2.22. The van der Waals surface area contributed by atoms with Gasteiger partial charge in [0.1, 0.15) is 0 Å². The van der Waals surface area contributed by atoms with E-state index in [4.69, 9.17) is 0 Å². The summed E-state index contributed by atoms with van der Waals surface area (Å²) in [7, 11) is -3.63. The number of aromatic amines is 1. The zero-order chi connectivity index (χ0) is 15.0. The summed E-state index contributed by atoms with van der Waals surface area (Å²) in [5.41, 5.74) is 2.12. The largest absolute Gasteiger partial charge is 0.312 e. The second-order valence-electron chi connectivity index (χ2n) is 4.64. The molecular formula is C14H12N2O3S2. The highest BCUT2D eigenvalue weighted by Gasteiger charge is 2.14. The standard InChI is InChI=1S/C14H12N2O3S2/c1-9-2-5-11(6-3-9)21(18,19)16-10-4-7-12-13(8-10)20-14(17)15-12/h2-8,16H,1H3,(H,15,17). The maximum absolute atomic E-state index is 12.3. The number of hydrogen-bond donors (Lipinski definition) is 2. The Morgan fingerprint density at radius 2 is 1.81 bits per heavy atom. The van der Waals surface area contributed by atoms with Crippen LogP contribution in [0.15, 0.2) is 52.2 Å². The Bertz CT molecular complexity index is 954. The summed E-state index contributed by atoms with van der Waals surface area (Å²) in [5, 5.41) is 0. The molecule has 2 aromatic carbocycles. The van der Waals surface area contributed by atoms with E-state index < -0.39 is 10.0 Å². The van der Waals surface area contributed by atoms with Gasteiger partial charge in [-0.15, -0.1) is 0 Å². The summed E-state index contributed by atoms with van der Waals surface area (Å²) < 4.78 is 27.8. The summed E-state index contributed by atoms with van der Waals surface area (Å²) >= 11 is 1.04. The molecular weight excluding hydrogens is 308 g/mol. The molecule has 0 aliphatic carbocycles. The van der Waals surface area contributed by atoms with E-state index in [1.807, 2.05) is 6.92 Å². The molecule has 2 N–H and O–H groups in total. The zero-order valence-electron chi connectivity index (χ0n) is 11.1. The van der Waals surface area contributed by atoms with Crippen LogP contribution in [-0.2, 0) is 10.0 Å². The third kappa shape index (κ3) is 2.84. The second-order valence-corrected chi connectivity index (χ2v) is 7.34.